The third-order valence-electron chi connectivity index (χ3n) is 7.80. The molecule has 6 rings (SSSR count). The van der Waals surface area contributed by atoms with Gasteiger partial charge in [-0.1, -0.05) is 18.2 Å². The van der Waals surface area contributed by atoms with Gasteiger partial charge in [0.2, 0.25) is 5.91 Å². The van der Waals surface area contributed by atoms with Gasteiger partial charge in [0.05, 0.1) is 24.0 Å². The second-order valence-electron chi connectivity index (χ2n) is 10.1. The zero-order chi connectivity index (χ0) is 26.2. The van der Waals surface area contributed by atoms with Gasteiger partial charge in [-0.15, -0.1) is 5.10 Å². The van der Waals surface area contributed by atoms with Crippen LogP contribution in [0.5, 0.6) is 0 Å². The van der Waals surface area contributed by atoms with Crippen LogP contribution in [0.4, 0.5) is 16.0 Å². The van der Waals surface area contributed by atoms with E-state index in [0.29, 0.717) is 6.54 Å². The summed E-state index contributed by atoms with van der Waals surface area (Å²) in [6.07, 6.45) is 4.73. The van der Waals surface area contributed by atoms with Crippen LogP contribution in [0.15, 0.2) is 60.8 Å². The molecule has 3 aromatic heterocycles. The van der Waals surface area contributed by atoms with E-state index in [1.165, 1.54) is 6.07 Å². The number of likely N-dealkylation sites (N-methyl/N-ethyl adjacent to an activating group) is 1. The Labute approximate surface area is 221 Å². The van der Waals surface area contributed by atoms with Gasteiger partial charge in [-0.2, -0.15) is 0 Å². The Kier molecular flexibility index (Phi) is 6.43. The molecule has 1 amide bonds. The summed E-state index contributed by atoms with van der Waals surface area (Å²) < 4.78 is 15.8. The van der Waals surface area contributed by atoms with E-state index in [2.05, 4.69) is 14.8 Å². The number of nitrogens with zero attached hydrogens (tertiary/aromatic N) is 7. The van der Waals surface area contributed by atoms with Crippen LogP contribution in [-0.4, -0.2) is 62.6 Å². The topological polar surface area (TPSA) is 69.9 Å². The number of benzene rings is 1. The van der Waals surface area contributed by atoms with Crippen molar-refractivity contribution < 1.29 is 9.18 Å². The fourth-order valence-electron chi connectivity index (χ4n) is 5.98. The first-order valence-electron chi connectivity index (χ1n) is 13.4. The highest BCUT2D eigenvalue weighted by atomic mass is 19.1. The number of imidazole rings is 1. The van der Waals surface area contributed by atoms with Crippen LogP contribution in [-0.2, 0) is 4.79 Å². The van der Waals surface area contributed by atoms with Crippen molar-refractivity contribution in [1.82, 2.24) is 24.5 Å². The number of rotatable bonds is 6. The Hall–Kier alpha value is -4.01. The molecule has 1 aromatic carbocycles. The summed E-state index contributed by atoms with van der Waals surface area (Å²) in [6, 6.07) is 17.1. The Bertz CT molecular complexity index is 1470. The van der Waals surface area contributed by atoms with E-state index in [0.717, 1.165) is 73.1 Å². The first kappa shape index (κ1) is 24.3. The fourth-order valence-corrected chi connectivity index (χ4v) is 5.98. The largest absolute Gasteiger partial charge is 0.354 e. The van der Waals surface area contributed by atoms with Gasteiger partial charge in [-0.25, -0.2) is 18.9 Å². The monoisotopic (exact) mass is 513 g/mol. The maximum atomic E-state index is 13.9. The Morgan fingerprint density at radius 2 is 1.95 bits per heavy atom. The zero-order valence-electron chi connectivity index (χ0n) is 21.8. The molecule has 2 atom stereocenters. The molecule has 2 saturated heterocycles. The summed E-state index contributed by atoms with van der Waals surface area (Å²) >= 11 is 0. The highest BCUT2D eigenvalue weighted by Crippen LogP contribution is 2.36. The molecule has 2 fully saturated rings. The number of hydrogen-bond acceptors (Lipinski definition) is 6. The highest BCUT2D eigenvalue weighted by Gasteiger charge is 2.30. The van der Waals surface area contributed by atoms with Crippen LogP contribution in [0.2, 0.25) is 0 Å². The van der Waals surface area contributed by atoms with Crippen LogP contribution >= 0.6 is 0 Å². The number of anilines is 2. The number of amides is 1. The molecular weight excluding hydrogens is 481 g/mol. The minimum atomic E-state index is -0.214. The lowest BCUT2D eigenvalue weighted by atomic mass is 10.0. The third kappa shape index (κ3) is 4.46. The highest BCUT2D eigenvalue weighted by molar-refractivity contribution is 5.73. The molecule has 0 radical (unpaired) electrons. The van der Waals surface area contributed by atoms with Crippen LogP contribution < -0.4 is 9.80 Å². The van der Waals surface area contributed by atoms with Crippen molar-refractivity contribution in [2.24, 2.45) is 0 Å². The van der Waals surface area contributed by atoms with Crippen molar-refractivity contribution in [3.8, 4) is 11.4 Å². The summed E-state index contributed by atoms with van der Waals surface area (Å²) in [5.41, 5.74) is 3.34. The average molecular weight is 514 g/mol. The molecule has 4 aromatic rings. The van der Waals surface area contributed by atoms with Crippen molar-refractivity contribution in [2.45, 2.75) is 45.2 Å². The summed E-state index contributed by atoms with van der Waals surface area (Å²) in [5, 5.41) is 4.97. The van der Waals surface area contributed by atoms with E-state index < -0.39 is 0 Å². The van der Waals surface area contributed by atoms with Crippen molar-refractivity contribution in [2.75, 3.05) is 36.0 Å². The molecule has 5 heterocycles. The number of halogens is 1. The molecule has 0 spiro atoms. The van der Waals surface area contributed by atoms with Gasteiger partial charge >= 0.3 is 0 Å². The van der Waals surface area contributed by atoms with E-state index in [9.17, 15) is 9.18 Å². The van der Waals surface area contributed by atoms with E-state index in [-0.39, 0.29) is 23.8 Å². The number of hydrogen-bond donors (Lipinski definition) is 0. The first-order chi connectivity index (χ1) is 18.5. The van der Waals surface area contributed by atoms with E-state index in [4.69, 9.17) is 10.1 Å². The molecule has 8 nitrogen and oxygen atoms in total. The molecule has 196 valence electrons. The molecule has 0 saturated carbocycles. The SMILES string of the molecule is CCN(C(C)=O)[C@@H]1CCN(c2cccc(-c3cnc4ccc(N5CCC[C@@H]5c5cccc(F)c5)nn34)n2)C1. The predicted octanol–water partition coefficient (Wildman–Crippen LogP) is 4.72. The minimum Gasteiger partial charge on any atom is -0.354 e. The second-order valence-corrected chi connectivity index (χ2v) is 10.1. The lowest BCUT2D eigenvalue weighted by Gasteiger charge is -2.27. The van der Waals surface area contributed by atoms with Crippen molar-refractivity contribution in [3.05, 3.63) is 72.2 Å². The lowest BCUT2D eigenvalue weighted by Crippen LogP contribution is -2.40. The molecule has 38 heavy (non-hydrogen) atoms. The Morgan fingerprint density at radius 3 is 2.76 bits per heavy atom. The van der Waals surface area contributed by atoms with Crippen molar-refractivity contribution >= 4 is 23.2 Å². The van der Waals surface area contributed by atoms with Crippen LogP contribution in [0.3, 0.4) is 0 Å². The second kappa shape index (κ2) is 10.0. The molecule has 0 aliphatic carbocycles. The molecule has 2 aliphatic rings. The van der Waals surface area contributed by atoms with Crippen LogP contribution in [0, 0.1) is 5.82 Å². The predicted molar refractivity (Wildman–Crippen MR) is 146 cm³/mol. The van der Waals surface area contributed by atoms with Gasteiger partial charge in [0.15, 0.2) is 5.65 Å². The normalized spacial score (nSPS) is 19.4. The molecule has 0 N–H and O–H groups in total. The van der Waals surface area contributed by atoms with E-state index in [1.807, 2.05) is 58.9 Å². The maximum Gasteiger partial charge on any atom is 0.219 e. The molecule has 2 aliphatic heterocycles. The molecule has 0 bridgehead atoms. The van der Waals surface area contributed by atoms with Gasteiger partial charge in [-0.3, -0.25) is 4.79 Å². The van der Waals surface area contributed by atoms with Gasteiger partial charge in [0.1, 0.15) is 23.1 Å². The van der Waals surface area contributed by atoms with Crippen LogP contribution in [0.1, 0.15) is 44.7 Å². The standard InChI is InChI=1S/C29H32FN7O/c1-3-35(20(2)38)23-14-16-34(19-23)28-11-5-9-24(32-28)26-18-31-27-12-13-29(33-37(26)27)36-15-6-10-25(36)21-7-4-8-22(30)17-21/h4-5,7-9,11-13,17-18,23,25H,3,6,10,14-16,19H2,1-2H3/t23-,25-/m1/s1. The molecule has 9 heteroatoms. The summed E-state index contributed by atoms with van der Waals surface area (Å²) in [6.45, 7) is 6.88. The number of fused-ring (bicyclic) bond motifs is 1. The average Bonchev–Trinajstić information content (AvgIpc) is 3.68. The molecule has 0 unspecified atom stereocenters. The third-order valence-corrected chi connectivity index (χ3v) is 7.80. The van der Waals surface area contributed by atoms with Gasteiger partial charge in [0.25, 0.3) is 0 Å². The van der Waals surface area contributed by atoms with E-state index >= 15 is 0 Å². The number of carbonyl (C=O) groups excluding carboxylic acids is 1. The number of pyridine rings is 1. The summed E-state index contributed by atoms with van der Waals surface area (Å²) in [4.78, 5) is 28.0. The first-order valence-corrected chi connectivity index (χ1v) is 13.4. The fraction of sp³-hybridized carbons (Fsp3) is 0.379. The van der Waals surface area contributed by atoms with Gasteiger partial charge in [0, 0.05) is 33.1 Å². The number of carbonyl (C=O) groups is 1. The Balaban J connectivity index is 1.29. The van der Waals surface area contributed by atoms with Crippen LogP contribution in [0.25, 0.3) is 17.0 Å². The Morgan fingerprint density at radius 1 is 1.08 bits per heavy atom. The number of aromatic nitrogens is 4. The lowest BCUT2D eigenvalue weighted by molar-refractivity contribution is -0.130. The van der Waals surface area contributed by atoms with Gasteiger partial charge < -0.3 is 14.7 Å². The smallest absolute Gasteiger partial charge is 0.219 e. The van der Waals surface area contributed by atoms with Crippen molar-refractivity contribution in [1.29, 1.82) is 0 Å². The summed E-state index contributed by atoms with van der Waals surface area (Å²) in [7, 11) is 0. The zero-order valence-corrected chi connectivity index (χ0v) is 21.8. The summed E-state index contributed by atoms with van der Waals surface area (Å²) in [5.74, 6) is 1.63. The van der Waals surface area contributed by atoms with Crippen molar-refractivity contribution in [3.63, 3.8) is 0 Å². The minimum absolute atomic E-state index is 0.0878. The quantitative estimate of drug-likeness (QED) is 0.372. The van der Waals surface area contributed by atoms with E-state index in [1.54, 1.807) is 19.1 Å². The molecular formula is C29H32FN7O. The van der Waals surface area contributed by atoms with Gasteiger partial charge in [-0.05, 0) is 68.1 Å². The maximum absolute atomic E-state index is 13.9.